The molecule has 1 aromatic carbocycles. The lowest BCUT2D eigenvalue weighted by Crippen LogP contribution is -2.56. The van der Waals surface area contributed by atoms with Crippen molar-refractivity contribution in [1.29, 1.82) is 0 Å². The largest absolute Gasteiger partial charge is 0.241 e. The minimum Gasteiger partial charge on any atom is -0.208 e. The summed E-state index contributed by atoms with van der Waals surface area (Å²) in [5, 5.41) is 0.623. The molecular weight excluding hydrogens is 378 g/mol. The lowest BCUT2D eigenvalue weighted by atomic mass is 9.47. The number of halogens is 1. The van der Waals surface area contributed by atoms with E-state index in [9.17, 15) is 8.42 Å². The molecule has 0 aromatic heterocycles. The van der Waals surface area contributed by atoms with Crippen LogP contribution in [0.1, 0.15) is 69.4 Å². The molecule has 5 rings (SSSR count). The van der Waals surface area contributed by atoms with Gasteiger partial charge in [0.1, 0.15) is 0 Å². The average molecular weight is 410 g/mol. The van der Waals surface area contributed by atoms with Crippen LogP contribution in [-0.4, -0.2) is 14.5 Å². The number of rotatable bonds is 6. The first-order valence-corrected chi connectivity index (χ1v) is 12.4. The molecule has 4 saturated carbocycles. The predicted octanol–water partition coefficient (Wildman–Crippen LogP) is 5.62. The summed E-state index contributed by atoms with van der Waals surface area (Å²) in [6.07, 6.45) is 9.70. The van der Waals surface area contributed by atoms with Gasteiger partial charge in [0.05, 0.1) is 4.90 Å². The highest BCUT2D eigenvalue weighted by Gasteiger charge is 2.54. The van der Waals surface area contributed by atoms with Crippen LogP contribution in [0.15, 0.2) is 17.0 Å². The van der Waals surface area contributed by atoms with Gasteiger partial charge in [0.2, 0.25) is 10.0 Å². The molecule has 1 atom stereocenters. The fraction of sp³-hybridized carbons (Fsp3) is 0.727. The monoisotopic (exact) mass is 409 g/mol. The van der Waals surface area contributed by atoms with Crippen molar-refractivity contribution in [2.75, 3.05) is 0 Å². The molecule has 3 nitrogen and oxygen atoms in total. The summed E-state index contributed by atoms with van der Waals surface area (Å²) >= 11 is 6.19. The van der Waals surface area contributed by atoms with E-state index in [-0.39, 0.29) is 11.5 Å². The molecular formula is C22H32ClNO2S. The van der Waals surface area contributed by atoms with E-state index in [1.54, 1.807) is 12.1 Å². The van der Waals surface area contributed by atoms with Crippen molar-refractivity contribution in [2.24, 2.45) is 23.2 Å². The van der Waals surface area contributed by atoms with Gasteiger partial charge in [0.15, 0.2) is 0 Å². The van der Waals surface area contributed by atoms with E-state index in [1.165, 1.54) is 38.5 Å². The lowest BCUT2D eigenvalue weighted by Gasteiger charge is -2.59. The van der Waals surface area contributed by atoms with Crippen LogP contribution in [0.5, 0.6) is 0 Å². The third-order valence-corrected chi connectivity index (χ3v) is 9.47. The molecule has 4 fully saturated rings. The molecule has 4 aliphatic rings. The molecule has 1 N–H and O–H groups in total. The minimum absolute atomic E-state index is 0.0521. The van der Waals surface area contributed by atoms with Gasteiger partial charge in [-0.3, -0.25) is 0 Å². The Kier molecular flexibility index (Phi) is 5.14. The molecule has 0 radical (unpaired) electrons. The second-order valence-corrected chi connectivity index (χ2v) is 11.7. The lowest BCUT2D eigenvalue weighted by molar-refractivity contribution is -0.0712. The summed E-state index contributed by atoms with van der Waals surface area (Å²) in [5.74, 6) is 2.46. The Bertz CT molecular complexity index is 798. The molecule has 4 bridgehead atoms. The Hall–Kier alpha value is -0.580. The van der Waals surface area contributed by atoms with Gasteiger partial charge in [-0.2, -0.15) is 0 Å². The molecule has 1 aromatic rings. The quantitative estimate of drug-likeness (QED) is 0.662. The zero-order chi connectivity index (χ0) is 19.4. The molecule has 27 heavy (non-hydrogen) atoms. The smallest absolute Gasteiger partial charge is 0.208 e. The maximum atomic E-state index is 13.3. The van der Waals surface area contributed by atoms with Gasteiger partial charge in [0, 0.05) is 11.1 Å². The van der Waals surface area contributed by atoms with Crippen molar-refractivity contribution in [3.05, 3.63) is 28.3 Å². The molecule has 5 heteroatoms. The van der Waals surface area contributed by atoms with Gasteiger partial charge < -0.3 is 0 Å². The van der Waals surface area contributed by atoms with Crippen molar-refractivity contribution in [1.82, 2.24) is 4.72 Å². The van der Waals surface area contributed by atoms with Gasteiger partial charge in [-0.05, 0) is 105 Å². The predicted molar refractivity (Wildman–Crippen MR) is 111 cm³/mol. The third kappa shape index (κ3) is 3.58. The van der Waals surface area contributed by atoms with Crippen LogP contribution < -0.4 is 4.72 Å². The Morgan fingerprint density at radius 2 is 1.63 bits per heavy atom. The number of aryl methyl sites for hydroxylation is 2. The van der Waals surface area contributed by atoms with Crippen LogP contribution >= 0.6 is 11.6 Å². The summed E-state index contributed by atoms with van der Waals surface area (Å²) in [5.41, 5.74) is 1.70. The minimum atomic E-state index is -3.55. The number of nitrogens with one attached hydrogen (secondary N) is 1. The Balaban J connectivity index is 1.65. The van der Waals surface area contributed by atoms with E-state index in [4.69, 9.17) is 11.6 Å². The van der Waals surface area contributed by atoms with Crippen molar-refractivity contribution in [3.63, 3.8) is 0 Å². The Morgan fingerprint density at radius 1 is 1.07 bits per heavy atom. The van der Waals surface area contributed by atoms with Crippen LogP contribution in [0, 0.1) is 37.0 Å². The summed E-state index contributed by atoms with van der Waals surface area (Å²) in [6.45, 7) is 5.86. The molecule has 0 amide bonds. The fourth-order valence-electron chi connectivity index (χ4n) is 6.68. The normalized spacial score (nSPS) is 33.4. The first kappa shape index (κ1) is 19.7. The van der Waals surface area contributed by atoms with Gasteiger partial charge in [-0.15, -0.1) is 0 Å². The van der Waals surface area contributed by atoms with E-state index in [0.29, 0.717) is 9.92 Å². The Morgan fingerprint density at radius 3 is 2.15 bits per heavy atom. The van der Waals surface area contributed by atoms with E-state index < -0.39 is 10.0 Å². The van der Waals surface area contributed by atoms with Crippen molar-refractivity contribution >= 4 is 21.6 Å². The third-order valence-electron chi connectivity index (χ3n) is 7.45. The highest BCUT2D eigenvalue weighted by molar-refractivity contribution is 7.89. The fourth-order valence-corrected chi connectivity index (χ4v) is 8.58. The number of hydrogen-bond donors (Lipinski definition) is 1. The van der Waals surface area contributed by atoms with Gasteiger partial charge in [-0.25, -0.2) is 13.1 Å². The number of hydrogen-bond acceptors (Lipinski definition) is 2. The summed E-state index contributed by atoms with van der Waals surface area (Å²) in [6, 6.07) is 3.55. The van der Waals surface area contributed by atoms with Crippen LogP contribution in [0.4, 0.5) is 0 Å². The van der Waals surface area contributed by atoms with E-state index in [1.807, 2.05) is 13.8 Å². The first-order valence-electron chi connectivity index (χ1n) is 10.5. The molecule has 0 aliphatic heterocycles. The van der Waals surface area contributed by atoms with Crippen molar-refractivity contribution in [2.45, 2.75) is 83.1 Å². The van der Waals surface area contributed by atoms with Crippen LogP contribution in [0.25, 0.3) is 0 Å². The van der Waals surface area contributed by atoms with Gasteiger partial charge in [-0.1, -0.05) is 24.9 Å². The van der Waals surface area contributed by atoms with E-state index in [2.05, 4.69) is 11.6 Å². The molecule has 0 saturated heterocycles. The molecule has 0 spiro atoms. The van der Waals surface area contributed by atoms with Crippen LogP contribution in [-0.2, 0) is 10.0 Å². The Labute approximate surface area is 169 Å². The zero-order valence-electron chi connectivity index (χ0n) is 16.7. The van der Waals surface area contributed by atoms with E-state index >= 15 is 0 Å². The maximum absolute atomic E-state index is 13.3. The number of sulfonamides is 1. The average Bonchev–Trinajstić information content (AvgIpc) is 2.56. The molecule has 4 aliphatic carbocycles. The van der Waals surface area contributed by atoms with Gasteiger partial charge in [0.25, 0.3) is 0 Å². The SMILES string of the molecule is CCCC(NS(=O)(=O)c1cc(C)c(Cl)cc1C)C12CC3CC(CC(C3)C1)C2. The van der Waals surface area contributed by atoms with Crippen LogP contribution in [0.3, 0.4) is 0 Å². The first-order chi connectivity index (χ1) is 12.7. The highest BCUT2D eigenvalue weighted by atomic mass is 35.5. The summed E-state index contributed by atoms with van der Waals surface area (Å²) in [4.78, 5) is 0.384. The summed E-state index contributed by atoms with van der Waals surface area (Å²) < 4.78 is 29.9. The second kappa shape index (κ2) is 7.03. The van der Waals surface area contributed by atoms with Crippen molar-refractivity contribution in [3.8, 4) is 0 Å². The summed E-state index contributed by atoms with van der Waals surface area (Å²) in [7, 11) is -3.55. The molecule has 150 valence electrons. The number of benzene rings is 1. The standard InChI is InChI=1S/C22H32ClNO2S/c1-4-5-21(22-11-16-8-17(12-22)10-18(9-16)13-22)24-27(25,26)20-7-14(2)19(23)6-15(20)3/h6-7,16-18,21,24H,4-5,8-13H2,1-3H3. The van der Waals surface area contributed by atoms with E-state index in [0.717, 1.165) is 41.7 Å². The zero-order valence-corrected chi connectivity index (χ0v) is 18.3. The highest BCUT2D eigenvalue weighted by Crippen LogP contribution is 2.61. The molecule has 1 unspecified atom stereocenters. The van der Waals surface area contributed by atoms with Crippen LogP contribution in [0.2, 0.25) is 5.02 Å². The molecule has 0 heterocycles. The van der Waals surface area contributed by atoms with Gasteiger partial charge >= 0.3 is 0 Å². The topological polar surface area (TPSA) is 46.2 Å². The van der Waals surface area contributed by atoms with Crippen molar-refractivity contribution < 1.29 is 8.42 Å². The maximum Gasteiger partial charge on any atom is 0.241 e. The second-order valence-electron chi connectivity index (χ2n) is 9.61.